The Hall–Kier alpha value is -3.94. The van der Waals surface area contributed by atoms with E-state index in [-0.39, 0.29) is 29.6 Å². The van der Waals surface area contributed by atoms with Crippen LogP contribution >= 0.6 is 0 Å². The third-order valence-corrected chi connectivity index (χ3v) is 4.74. The van der Waals surface area contributed by atoms with E-state index in [0.29, 0.717) is 22.2 Å². The van der Waals surface area contributed by atoms with Crippen LogP contribution in [0.2, 0.25) is 0 Å². The van der Waals surface area contributed by atoms with Crippen molar-refractivity contribution in [3.05, 3.63) is 82.3 Å². The van der Waals surface area contributed by atoms with Gasteiger partial charge >= 0.3 is 5.69 Å². The molecule has 2 aromatic heterocycles. The summed E-state index contributed by atoms with van der Waals surface area (Å²) in [6.07, 6.45) is 1.33. The van der Waals surface area contributed by atoms with E-state index in [1.807, 2.05) is 6.07 Å². The highest BCUT2D eigenvalue weighted by Gasteiger charge is 2.14. The SMILES string of the molecule is Cn1cc(O)n(Cc2ccc3c(-c4ccc(F)cc4)cc(C(N)=O)nc3c2)c1=O. The van der Waals surface area contributed by atoms with Crippen LogP contribution in [0.25, 0.3) is 22.0 Å². The van der Waals surface area contributed by atoms with Crippen LogP contribution in [0.4, 0.5) is 4.39 Å². The number of benzene rings is 2. The first-order chi connectivity index (χ1) is 13.8. The molecule has 0 saturated carbocycles. The molecule has 0 aliphatic carbocycles. The lowest BCUT2D eigenvalue weighted by Gasteiger charge is -2.11. The lowest BCUT2D eigenvalue weighted by Crippen LogP contribution is -2.22. The van der Waals surface area contributed by atoms with Crippen LogP contribution in [0.15, 0.2) is 59.5 Å². The largest absolute Gasteiger partial charge is 0.493 e. The molecule has 4 aromatic rings. The van der Waals surface area contributed by atoms with E-state index in [0.717, 1.165) is 5.39 Å². The summed E-state index contributed by atoms with van der Waals surface area (Å²) in [5.41, 5.74) is 7.78. The van der Waals surface area contributed by atoms with Crippen LogP contribution in [0.1, 0.15) is 16.1 Å². The number of nitrogens with zero attached hydrogens (tertiary/aromatic N) is 3. The maximum absolute atomic E-state index is 13.3. The van der Waals surface area contributed by atoms with Gasteiger partial charge in [0.1, 0.15) is 11.5 Å². The molecule has 0 unspecified atom stereocenters. The number of rotatable bonds is 4. The Morgan fingerprint density at radius 3 is 2.52 bits per heavy atom. The Morgan fingerprint density at radius 2 is 1.90 bits per heavy atom. The van der Waals surface area contributed by atoms with Crippen molar-refractivity contribution in [1.82, 2.24) is 14.1 Å². The molecule has 0 atom stereocenters. The summed E-state index contributed by atoms with van der Waals surface area (Å²) in [7, 11) is 1.55. The quantitative estimate of drug-likeness (QED) is 0.557. The summed E-state index contributed by atoms with van der Waals surface area (Å²) < 4.78 is 15.8. The van der Waals surface area contributed by atoms with Crippen LogP contribution in [-0.2, 0) is 13.6 Å². The van der Waals surface area contributed by atoms with E-state index < -0.39 is 5.91 Å². The summed E-state index contributed by atoms with van der Waals surface area (Å²) in [4.78, 5) is 28.2. The fourth-order valence-corrected chi connectivity index (χ4v) is 3.28. The van der Waals surface area contributed by atoms with Gasteiger partial charge in [-0.1, -0.05) is 24.3 Å². The molecule has 146 valence electrons. The lowest BCUT2D eigenvalue weighted by molar-refractivity contribution is 0.0996. The second-order valence-electron chi connectivity index (χ2n) is 6.74. The van der Waals surface area contributed by atoms with E-state index in [2.05, 4.69) is 4.98 Å². The molecule has 0 spiro atoms. The number of imidazole rings is 1. The first-order valence-electron chi connectivity index (χ1n) is 8.78. The van der Waals surface area contributed by atoms with E-state index in [9.17, 15) is 19.1 Å². The van der Waals surface area contributed by atoms with Gasteiger partial charge < -0.3 is 10.8 Å². The van der Waals surface area contributed by atoms with Gasteiger partial charge in [-0.25, -0.2) is 14.2 Å². The molecule has 4 rings (SSSR count). The molecule has 0 aliphatic rings. The van der Waals surface area contributed by atoms with Crippen molar-refractivity contribution in [1.29, 1.82) is 0 Å². The number of aryl methyl sites for hydroxylation is 1. The number of nitrogens with two attached hydrogens (primary N) is 1. The predicted octanol–water partition coefficient (Wildman–Crippen LogP) is 2.39. The lowest BCUT2D eigenvalue weighted by atomic mass is 9.98. The van der Waals surface area contributed by atoms with Gasteiger partial charge in [0.25, 0.3) is 5.91 Å². The highest BCUT2D eigenvalue weighted by Crippen LogP contribution is 2.30. The first-order valence-corrected chi connectivity index (χ1v) is 8.78. The van der Waals surface area contributed by atoms with Crippen molar-refractivity contribution in [2.45, 2.75) is 6.54 Å². The smallest absolute Gasteiger partial charge is 0.331 e. The Kier molecular flexibility index (Phi) is 4.38. The number of amides is 1. The van der Waals surface area contributed by atoms with Crippen LogP contribution in [-0.4, -0.2) is 25.1 Å². The third-order valence-electron chi connectivity index (χ3n) is 4.74. The third kappa shape index (κ3) is 3.36. The molecule has 2 aromatic carbocycles. The topological polar surface area (TPSA) is 103 Å². The van der Waals surface area contributed by atoms with Crippen molar-refractivity contribution in [2.24, 2.45) is 12.8 Å². The Labute approximate surface area is 164 Å². The maximum atomic E-state index is 13.3. The summed E-state index contributed by atoms with van der Waals surface area (Å²) in [5, 5.41) is 10.7. The van der Waals surface area contributed by atoms with Gasteiger partial charge in [-0.05, 0) is 41.0 Å². The molecule has 0 saturated heterocycles. The van der Waals surface area contributed by atoms with Gasteiger partial charge in [-0.15, -0.1) is 0 Å². The number of fused-ring (bicyclic) bond motifs is 1. The van der Waals surface area contributed by atoms with Gasteiger partial charge in [-0.3, -0.25) is 13.9 Å². The normalized spacial score (nSPS) is 11.1. The van der Waals surface area contributed by atoms with Crippen molar-refractivity contribution in [3.63, 3.8) is 0 Å². The van der Waals surface area contributed by atoms with E-state index in [4.69, 9.17) is 5.73 Å². The zero-order valence-electron chi connectivity index (χ0n) is 15.5. The molecule has 1 amide bonds. The number of aromatic nitrogens is 3. The molecule has 8 heteroatoms. The molecular formula is C21H17FN4O3. The van der Waals surface area contributed by atoms with Crippen LogP contribution in [0.3, 0.4) is 0 Å². The number of carbonyl (C=O) groups is 1. The average Bonchev–Trinajstić information content (AvgIpc) is 2.93. The molecule has 0 aliphatic heterocycles. The zero-order chi connectivity index (χ0) is 20.7. The first kappa shape index (κ1) is 18.4. The fraction of sp³-hybridized carbons (Fsp3) is 0.0952. The molecule has 0 bridgehead atoms. The molecule has 2 heterocycles. The minimum Gasteiger partial charge on any atom is -0.493 e. The van der Waals surface area contributed by atoms with Gasteiger partial charge in [0.15, 0.2) is 0 Å². The summed E-state index contributed by atoms with van der Waals surface area (Å²) in [6, 6.07) is 12.8. The standard InChI is InChI=1S/C21H17FN4O3/c1-25-11-19(27)26(21(25)29)10-12-2-7-15-16(13-3-5-14(22)6-4-13)9-18(20(23)28)24-17(15)8-12/h2-9,11,27H,10H2,1H3,(H2,23,28). The van der Waals surface area contributed by atoms with E-state index >= 15 is 0 Å². The van der Waals surface area contributed by atoms with E-state index in [1.165, 1.54) is 27.5 Å². The summed E-state index contributed by atoms with van der Waals surface area (Å²) in [6.45, 7) is 0.135. The van der Waals surface area contributed by atoms with Gasteiger partial charge in [-0.2, -0.15) is 0 Å². The zero-order valence-corrected chi connectivity index (χ0v) is 15.5. The van der Waals surface area contributed by atoms with E-state index in [1.54, 1.807) is 37.4 Å². The Morgan fingerprint density at radius 1 is 1.17 bits per heavy atom. The fourth-order valence-electron chi connectivity index (χ4n) is 3.28. The number of hydrogen-bond acceptors (Lipinski definition) is 4. The summed E-state index contributed by atoms with van der Waals surface area (Å²) >= 11 is 0. The molecule has 0 radical (unpaired) electrons. The number of primary amides is 1. The second-order valence-corrected chi connectivity index (χ2v) is 6.74. The van der Waals surface area contributed by atoms with Gasteiger partial charge in [0.05, 0.1) is 18.3 Å². The molecule has 29 heavy (non-hydrogen) atoms. The maximum Gasteiger partial charge on any atom is 0.331 e. The molecular weight excluding hydrogens is 375 g/mol. The number of aromatic hydroxyl groups is 1. The van der Waals surface area contributed by atoms with Crippen LogP contribution < -0.4 is 11.4 Å². The Balaban J connectivity index is 1.86. The minimum absolute atomic E-state index is 0.0775. The van der Waals surface area contributed by atoms with Crippen molar-refractivity contribution in [2.75, 3.05) is 0 Å². The molecule has 7 nitrogen and oxygen atoms in total. The highest BCUT2D eigenvalue weighted by atomic mass is 19.1. The van der Waals surface area contributed by atoms with Crippen LogP contribution in [0, 0.1) is 5.82 Å². The van der Waals surface area contributed by atoms with Crippen molar-refractivity contribution >= 4 is 16.8 Å². The number of hydrogen-bond donors (Lipinski definition) is 2. The minimum atomic E-state index is -0.683. The number of halogens is 1. The van der Waals surface area contributed by atoms with Crippen LogP contribution in [0.5, 0.6) is 5.88 Å². The number of carbonyl (C=O) groups excluding carboxylic acids is 1. The van der Waals surface area contributed by atoms with Gasteiger partial charge in [0.2, 0.25) is 5.88 Å². The van der Waals surface area contributed by atoms with Crippen molar-refractivity contribution in [3.8, 4) is 17.0 Å². The molecule has 0 fully saturated rings. The van der Waals surface area contributed by atoms with Crippen molar-refractivity contribution < 1.29 is 14.3 Å². The predicted molar refractivity (Wildman–Crippen MR) is 106 cm³/mol. The summed E-state index contributed by atoms with van der Waals surface area (Å²) in [5.74, 6) is -1.20. The van der Waals surface area contributed by atoms with Gasteiger partial charge in [0, 0.05) is 12.4 Å². The number of pyridine rings is 1. The highest BCUT2D eigenvalue weighted by molar-refractivity contribution is 6.00. The monoisotopic (exact) mass is 392 g/mol. The molecule has 3 N–H and O–H groups in total. The Bertz CT molecular complexity index is 1310. The average molecular weight is 392 g/mol. The second kappa shape index (κ2) is 6.90.